The number of amides is 1. The highest BCUT2D eigenvalue weighted by Gasteiger charge is 2.49. The van der Waals surface area contributed by atoms with Gasteiger partial charge in [-0.2, -0.15) is 0 Å². The summed E-state index contributed by atoms with van der Waals surface area (Å²) in [7, 11) is -2.56. The lowest BCUT2D eigenvalue weighted by molar-refractivity contribution is -0.132. The number of nitrogens with one attached hydrogen (secondary N) is 1. The third-order valence-electron chi connectivity index (χ3n) is 4.06. The van der Waals surface area contributed by atoms with E-state index in [1.54, 1.807) is 0 Å². The Bertz CT molecular complexity index is 654. The summed E-state index contributed by atoms with van der Waals surface area (Å²) in [6.07, 6.45) is 3.63. The fourth-order valence-electron chi connectivity index (χ4n) is 2.65. The molecule has 24 heavy (non-hydrogen) atoms. The topological polar surface area (TPSA) is 92.7 Å². The van der Waals surface area contributed by atoms with Crippen LogP contribution in [0.1, 0.15) is 39.0 Å². The number of hydrogen-bond donors (Lipinski definition) is 2. The second-order valence-corrected chi connectivity index (χ2v) is 7.82. The van der Waals surface area contributed by atoms with Gasteiger partial charge < -0.3 is 4.74 Å². The highest BCUT2D eigenvalue weighted by atomic mass is 32.2. The van der Waals surface area contributed by atoms with Crippen molar-refractivity contribution in [1.82, 2.24) is 5.48 Å². The van der Waals surface area contributed by atoms with Gasteiger partial charge in [0, 0.05) is 0 Å². The first kappa shape index (κ1) is 20.2. The van der Waals surface area contributed by atoms with Crippen LogP contribution in [0.25, 0.3) is 0 Å². The Hall–Kier alpha value is -1.86. The number of ether oxygens (including phenoxy) is 1. The van der Waals surface area contributed by atoms with E-state index in [-0.39, 0.29) is 17.7 Å². The first-order chi connectivity index (χ1) is 11.4. The zero-order valence-electron chi connectivity index (χ0n) is 14.1. The largest absolute Gasteiger partial charge is 0.497 e. The van der Waals surface area contributed by atoms with E-state index in [0.29, 0.717) is 12.2 Å². The summed E-state index contributed by atoms with van der Waals surface area (Å²) in [5.74, 6) is -0.421. The van der Waals surface area contributed by atoms with Crippen molar-refractivity contribution in [3.05, 3.63) is 36.9 Å². The molecular formula is C17H25NO5S. The lowest BCUT2D eigenvalue weighted by atomic mass is 9.96. The summed E-state index contributed by atoms with van der Waals surface area (Å²) in [6, 6.07) is 5.84. The van der Waals surface area contributed by atoms with Crippen molar-refractivity contribution in [3.8, 4) is 5.75 Å². The van der Waals surface area contributed by atoms with Crippen molar-refractivity contribution in [3.63, 3.8) is 0 Å². The molecule has 2 N–H and O–H groups in total. The number of methoxy groups -OCH3 is 1. The molecule has 0 aliphatic heterocycles. The van der Waals surface area contributed by atoms with E-state index in [1.807, 2.05) is 6.92 Å². The van der Waals surface area contributed by atoms with Crippen LogP contribution in [0, 0.1) is 0 Å². The van der Waals surface area contributed by atoms with Crippen LogP contribution in [0.2, 0.25) is 0 Å². The molecule has 0 heterocycles. The van der Waals surface area contributed by atoms with E-state index < -0.39 is 20.5 Å². The Morgan fingerprint density at radius 1 is 1.33 bits per heavy atom. The van der Waals surface area contributed by atoms with Gasteiger partial charge in [0.15, 0.2) is 14.6 Å². The summed E-state index contributed by atoms with van der Waals surface area (Å²) in [5.41, 5.74) is 1.53. The van der Waals surface area contributed by atoms with Crippen molar-refractivity contribution in [2.45, 2.75) is 48.7 Å². The number of unbranched alkanes of at least 4 members (excludes halogenated alkanes) is 2. The molecule has 0 saturated heterocycles. The standard InChI is InChI=1S/C17H25NO5S/c1-4-6-7-13-17(12-5-2,16(19)18-20)24(21,22)15-10-8-14(23-3)9-11-15/h5,8-11,20H,2,4,6-7,12-13H2,1,3H3,(H,18,19). The smallest absolute Gasteiger partial charge is 0.265 e. The molecule has 1 atom stereocenters. The number of hydroxylamine groups is 1. The van der Waals surface area contributed by atoms with E-state index in [4.69, 9.17) is 9.94 Å². The minimum Gasteiger partial charge on any atom is -0.497 e. The molecule has 7 heteroatoms. The number of carbonyl (C=O) groups is 1. The molecule has 1 aromatic rings. The van der Waals surface area contributed by atoms with Crippen LogP contribution in [0.15, 0.2) is 41.8 Å². The summed E-state index contributed by atoms with van der Waals surface area (Å²) >= 11 is 0. The maximum absolute atomic E-state index is 13.2. The quantitative estimate of drug-likeness (QED) is 0.291. The number of rotatable bonds is 10. The molecule has 0 fully saturated rings. The van der Waals surface area contributed by atoms with E-state index in [2.05, 4.69) is 6.58 Å². The minimum atomic E-state index is -4.04. The van der Waals surface area contributed by atoms with E-state index in [0.717, 1.165) is 12.8 Å². The lowest BCUT2D eigenvalue weighted by Crippen LogP contribution is -2.51. The van der Waals surface area contributed by atoms with Crippen LogP contribution in [-0.2, 0) is 14.6 Å². The molecule has 1 aromatic carbocycles. The first-order valence-electron chi connectivity index (χ1n) is 7.83. The van der Waals surface area contributed by atoms with E-state index in [1.165, 1.54) is 42.9 Å². The van der Waals surface area contributed by atoms with Crippen molar-refractivity contribution < 1.29 is 23.2 Å². The van der Waals surface area contributed by atoms with Gasteiger partial charge in [0.2, 0.25) is 0 Å². The predicted molar refractivity (Wildman–Crippen MR) is 91.8 cm³/mol. The van der Waals surface area contributed by atoms with Gasteiger partial charge >= 0.3 is 0 Å². The van der Waals surface area contributed by atoms with Crippen molar-refractivity contribution in [1.29, 1.82) is 0 Å². The number of allylic oxidation sites excluding steroid dienone is 1. The number of carbonyl (C=O) groups excluding carboxylic acids is 1. The lowest BCUT2D eigenvalue weighted by Gasteiger charge is -2.30. The monoisotopic (exact) mass is 355 g/mol. The summed E-state index contributed by atoms with van der Waals surface area (Å²) in [4.78, 5) is 12.4. The fraction of sp³-hybridized carbons (Fsp3) is 0.471. The Balaban J connectivity index is 3.41. The SMILES string of the molecule is C=CCC(CCCCC)(C(=O)NO)S(=O)(=O)c1ccc(OC)cc1. The van der Waals surface area contributed by atoms with Gasteiger partial charge in [0.05, 0.1) is 12.0 Å². The number of benzene rings is 1. The van der Waals surface area contributed by atoms with Gasteiger partial charge in [-0.3, -0.25) is 10.0 Å². The predicted octanol–water partition coefficient (Wildman–Crippen LogP) is 2.87. The highest BCUT2D eigenvalue weighted by molar-refractivity contribution is 7.93. The molecule has 0 aromatic heterocycles. The third kappa shape index (κ3) is 3.96. The zero-order chi connectivity index (χ0) is 18.2. The van der Waals surface area contributed by atoms with Crippen LogP contribution in [-0.4, -0.2) is 31.4 Å². The molecule has 6 nitrogen and oxygen atoms in total. The second-order valence-electron chi connectivity index (χ2n) is 5.56. The van der Waals surface area contributed by atoms with Gasteiger partial charge in [-0.15, -0.1) is 6.58 Å². The number of sulfone groups is 1. The molecule has 1 unspecified atom stereocenters. The van der Waals surface area contributed by atoms with Crippen LogP contribution < -0.4 is 10.2 Å². The number of hydrogen-bond acceptors (Lipinski definition) is 5. The van der Waals surface area contributed by atoms with Crippen LogP contribution >= 0.6 is 0 Å². The third-order valence-corrected chi connectivity index (χ3v) is 6.54. The van der Waals surface area contributed by atoms with Gasteiger partial charge in [-0.25, -0.2) is 13.9 Å². The molecule has 0 bridgehead atoms. The van der Waals surface area contributed by atoms with Crippen LogP contribution in [0.3, 0.4) is 0 Å². The summed E-state index contributed by atoms with van der Waals surface area (Å²) in [6.45, 7) is 5.56. The molecule has 0 radical (unpaired) electrons. The van der Waals surface area contributed by atoms with Gasteiger partial charge in [-0.1, -0.05) is 32.3 Å². The van der Waals surface area contributed by atoms with Gasteiger partial charge in [0.25, 0.3) is 5.91 Å². The molecular weight excluding hydrogens is 330 g/mol. The average molecular weight is 355 g/mol. The van der Waals surface area contributed by atoms with Crippen LogP contribution in [0.5, 0.6) is 5.75 Å². The molecule has 0 saturated carbocycles. The molecule has 1 amide bonds. The van der Waals surface area contributed by atoms with Crippen molar-refractivity contribution >= 4 is 15.7 Å². The molecule has 0 aliphatic rings. The molecule has 134 valence electrons. The Morgan fingerprint density at radius 3 is 2.42 bits per heavy atom. The summed E-state index contributed by atoms with van der Waals surface area (Å²) in [5, 5.41) is 9.13. The van der Waals surface area contributed by atoms with Crippen LogP contribution in [0.4, 0.5) is 0 Å². The Morgan fingerprint density at radius 2 is 1.96 bits per heavy atom. The van der Waals surface area contributed by atoms with Crippen molar-refractivity contribution in [2.24, 2.45) is 0 Å². The van der Waals surface area contributed by atoms with Gasteiger partial charge in [0.1, 0.15) is 5.75 Å². The second kappa shape index (κ2) is 8.84. The summed E-state index contributed by atoms with van der Waals surface area (Å²) < 4.78 is 29.6. The Kier molecular flexibility index (Phi) is 7.44. The van der Waals surface area contributed by atoms with E-state index in [9.17, 15) is 13.2 Å². The average Bonchev–Trinajstić information content (AvgIpc) is 2.60. The normalized spacial score (nSPS) is 13.8. The van der Waals surface area contributed by atoms with Crippen molar-refractivity contribution in [2.75, 3.05) is 7.11 Å². The Labute approximate surface area is 143 Å². The molecule has 0 spiro atoms. The maximum atomic E-state index is 13.2. The molecule has 1 rings (SSSR count). The highest BCUT2D eigenvalue weighted by Crippen LogP contribution is 2.35. The van der Waals surface area contributed by atoms with E-state index >= 15 is 0 Å². The van der Waals surface area contributed by atoms with Gasteiger partial charge in [-0.05, 0) is 37.1 Å². The first-order valence-corrected chi connectivity index (χ1v) is 9.32. The minimum absolute atomic E-state index is 0.00486. The molecule has 0 aliphatic carbocycles. The fourth-order valence-corrected chi connectivity index (χ4v) is 4.64. The zero-order valence-corrected chi connectivity index (χ0v) is 14.9. The maximum Gasteiger partial charge on any atom is 0.265 e.